The first kappa shape index (κ1) is 23.1. The molecular formula is C29H33N5O. The SMILES string of the molecule is Cc1cccc(N2CCN(C(=O)c3cnn4c(C)c(Cc5ccccc5C)c(C)nc34)CC2C)c1. The molecule has 0 radical (unpaired) electrons. The van der Waals surface area contributed by atoms with E-state index in [1.54, 1.807) is 6.20 Å². The maximum absolute atomic E-state index is 13.6. The normalized spacial score (nSPS) is 16.2. The summed E-state index contributed by atoms with van der Waals surface area (Å²) in [7, 11) is 0. The van der Waals surface area contributed by atoms with Gasteiger partial charge in [-0.1, -0.05) is 36.4 Å². The lowest BCUT2D eigenvalue weighted by Crippen LogP contribution is -2.53. The Bertz CT molecular complexity index is 1410. The van der Waals surface area contributed by atoms with Crippen LogP contribution in [0.25, 0.3) is 5.65 Å². The van der Waals surface area contributed by atoms with Crippen LogP contribution >= 0.6 is 0 Å². The molecule has 4 aromatic rings. The molecule has 35 heavy (non-hydrogen) atoms. The number of rotatable bonds is 4. The van der Waals surface area contributed by atoms with Crippen LogP contribution in [0.4, 0.5) is 5.69 Å². The molecule has 1 unspecified atom stereocenters. The quantitative estimate of drug-likeness (QED) is 0.428. The zero-order chi connectivity index (χ0) is 24.7. The van der Waals surface area contributed by atoms with Crippen LogP contribution in [0.2, 0.25) is 0 Å². The molecule has 6 nitrogen and oxygen atoms in total. The highest BCUT2D eigenvalue weighted by Crippen LogP contribution is 2.25. The first-order valence-corrected chi connectivity index (χ1v) is 12.3. The van der Waals surface area contributed by atoms with Gasteiger partial charge in [0.2, 0.25) is 0 Å². The zero-order valence-corrected chi connectivity index (χ0v) is 21.2. The monoisotopic (exact) mass is 467 g/mol. The number of anilines is 1. The van der Waals surface area contributed by atoms with E-state index in [-0.39, 0.29) is 11.9 Å². The first-order valence-electron chi connectivity index (χ1n) is 12.3. The third-order valence-electron chi connectivity index (χ3n) is 7.32. The number of amides is 1. The molecule has 1 aliphatic rings. The smallest absolute Gasteiger partial charge is 0.259 e. The van der Waals surface area contributed by atoms with Gasteiger partial charge >= 0.3 is 0 Å². The summed E-state index contributed by atoms with van der Waals surface area (Å²) in [6.45, 7) is 12.7. The molecule has 0 N–H and O–H groups in total. The van der Waals surface area contributed by atoms with Gasteiger partial charge in [0.15, 0.2) is 5.65 Å². The molecule has 3 heterocycles. The Hall–Kier alpha value is -3.67. The molecule has 2 aromatic heterocycles. The van der Waals surface area contributed by atoms with Crippen LogP contribution in [0.1, 0.15) is 50.9 Å². The van der Waals surface area contributed by atoms with E-state index in [0.29, 0.717) is 24.3 Å². The Kier molecular flexibility index (Phi) is 6.05. The summed E-state index contributed by atoms with van der Waals surface area (Å²) in [6.07, 6.45) is 2.49. The summed E-state index contributed by atoms with van der Waals surface area (Å²) < 4.78 is 1.83. The van der Waals surface area contributed by atoms with Crippen LogP contribution in [-0.2, 0) is 6.42 Å². The largest absolute Gasteiger partial charge is 0.365 e. The standard InChI is InChI=1S/C29H33N5O/c1-19-9-8-12-25(15-19)33-14-13-32(18-21(33)3)29(35)27-17-30-34-23(5)26(22(4)31-28(27)34)16-24-11-7-6-10-20(24)2/h6-12,15,17,21H,13-14,16,18H2,1-5H3. The van der Waals surface area contributed by atoms with Crippen LogP contribution in [-0.4, -0.2) is 51.1 Å². The second-order valence-electron chi connectivity index (χ2n) is 9.79. The van der Waals surface area contributed by atoms with E-state index < -0.39 is 0 Å². The minimum atomic E-state index is 0.00805. The number of benzene rings is 2. The van der Waals surface area contributed by atoms with Crippen molar-refractivity contribution in [3.05, 3.63) is 93.9 Å². The molecule has 180 valence electrons. The molecule has 0 bridgehead atoms. The van der Waals surface area contributed by atoms with Gasteiger partial charge in [0, 0.05) is 49.2 Å². The first-order chi connectivity index (χ1) is 16.8. The van der Waals surface area contributed by atoms with Crippen molar-refractivity contribution < 1.29 is 4.79 Å². The van der Waals surface area contributed by atoms with Gasteiger partial charge in [0.05, 0.1) is 6.20 Å². The fourth-order valence-corrected chi connectivity index (χ4v) is 5.22. The summed E-state index contributed by atoms with van der Waals surface area (Å²) in [5.41, 5.74) is 9.38. The minimum absolute atomic E-state index is 0.00805. The lowest BCUT2D eigenvalue weighted by atomic mass is 9.98. The predicted molar refractivity (Wildman–Crippen MR) is 140 cm³/mol. The maximum atomic E-state index is 13.6. The number of carbonyl (C=O) groups excluding carboxylic acids is 1. The number of aryl methyl sites for hydroxylation is 4. The Morgan fingerprint density at radius 1 is 1.03 bits per heavy atom. The van der Waals surface area contributed by atoms with Gasteiger partial charge in [-0.25, -0.2) is 9.50 Å². The van der Waals surface area contributed by atoms with Crippen molar-refractivity contribution in [2.24, 2.45) is 0 Å². The van der Waals surface area contributed by atoms with E-state index in [1.165, 1.54) is 22.4 Å². The molecule has 1 saturated heterocycles. The fourth-order valence-electron chi connectivity index (χ4n) is 5.22. The van der Waals surface area contributed by atoms with Crippen molar-refractivity contribution >= 4 is 17.2 Å². The van der Waals surface area contributed by atoms with E-state index >= 15 is 0 Å². The van der Waals surface area contributed by atoms with Crippen LogP contribution in [0.15, 0.2) is 54.7 Å². The van der Waals surface area contributed by atoms with E-state index in [2.05, 4.69) is 86.2 Å². The predicted octanol–water partition coefficient (Wildman–Crippen LogP) is 4.90. The number of aromatic nitrogens is 3. The second kappa shape index (κ2) is 9.17. The average Bonchev–Trinajstić information content (AvgIpc) is 3.26. The highest BCUT2D eigenvalue weighted by molar-refractivity contribution is 6.00. The third kappa shape index (κ3) is 4.29. The molecule has 2 aromatic carbocycles. The maximum Gasteiger partial charge on any atom is 0.259 e. The van der Waals surface area contributed by atoms with Crippen molar-refractivity contribution in [3.8, 4) is 0 Å². The van der Waals surface area contributed by atoms with Gasteiger partial charge in [-0.05, 0) is 69.0 Å². The van der Waals surface area contributed by atoms with Gasteiger partial charge in [0.1, 0.15) is 5.56 Å². The number of fused-ring (bicyclic) bond motifs is 1. The van der Waals surface area contributed by atoms with Crippen molar-refractivity contribution in [3.63, 3.8) is 0 Å². The summed E-state index contributed by atoms with van der Waals surface area (Å²) >= 11 is 0. The van der Waals surface area contributed by atoms with Crippen molar-refractivity contribution in [2.75, 3.05) is 24.5 Å². The number of carbonyl (C=O) groups is 1. The molecular weight excluding hydrogens is 434 g/mol. The third-order valence-corrected chi connectivity index (χ3v) is 7.32. The van der Waals surface area contributed by atoms with Gasteiger partial charge in [-0.3, -0.25) is 4.79 Å². The molecule has 1 fully saturated rings. The molecule has 5 rings (SSSR count). The van der Waals surface area contributed by atoms with Crippen molar-refractivity contribution in [2.45, 2.75) is 47.1 Å². The zero-order valence-electron chi connectivity index (χ0n) is 21.2. The fraction of sp³-hybridized carbons (Fsp3) is 0.345. The second-order valence-corrected chi connectivity index (χ2v) is 9.79. The van der Waals surface area contributed by atoms with Crippen LogP contribution in [0, 0.1) is 27.7 Å². The topological polar surface area (TPSA) is 53.7 Å². The molecule has 1 amide bonds. The molecule has 0 spiro atoms. The average molecular weight is 468 g/mol. The summed E-state index contributed by atoms with van der Waals surface area (Å²) in [4.78, 5) is 22.8. The lowest BCUT2D eigenvalue weighted by Gasteiger charge is -2.41. The minimum Gasteiger partial charge on any atom is -0.365 e. The van der Waals surface area contributed by atoms with E-state index in [9.17, 15) is 4.79 Å². The van der Waals surface area contributed by atoms with Crippen LogP contribution in [0.5, 0.6) is 0 Å². The lowest BCUT2D eigenvalue weighted by molar-refractivity contribution is 0.0728. The van der Waals surface area contributed by atoms with Crippen molar-refractivity contribution in [1.29, 1.82) is 0 Å². The highest BCUT2D eigenvalue weighted by atomic mass is 16.2. The van der Waals surface area contributed by atoms with E-state index in [4.69, 9.17) is 4.98 Å². The number of hydrogen-bond acceptors (Lipinski definition) is 4. The van der Waals surface area contributed by atoms with E-state index in [0.717, 1.165) is 29.9 Å². The molecule has 0 saturated carbocycles. The number of hydrogen-bond donors (Lipinski definition) is 0. The van der Waals surface area contributed by atoms with Gasteiger partial charge in [-0.2, -0.15) is 5.10 Å². The summed E-state index contributed by atoms with van der Waals surface area (Å²) in [6, 6.07) is 17.2. The Labute approximate surface area is 207 Å². The van der Waals surface area contributed by atoms with Gasteiger partial charge in [-0.15, -0.1) is 0 Å². The van der Waals surface area contributed by atoms with Crippen LogP contribution in [0.3, 0.4) is 0 Å². The Morgan fingerprint density at radius 2 is 1.83 bits per heavy atom. The van der Waals surface area contributed by atoms with Crippen LogP contribution < -0.4 is 4.90 Å². The summed E-state index contributed by atoms with van der Waals surface area (Å²) in [5.74, 6) is 0.00805. The van der Waals surface area contributed by atoms with E-state index in [1.807, 2.05) is 16.3 Å². The number of nitrogens with zero attached hydrogens (tertiary/aromatic N) is 5. The Morgan fingerprint density at radius 3 is 2.57 bits per heavy atom. The number of piperazine rings is 1. The molecule has 1 atom stereocenters. The molecule has 6 heteroatoms. The van der Waals surface area contributed by atoms with Crippen molar-refractivity contribution in [1.82, 2.24) is 19.5 Å². The molecule has 0 aliphatic carbocycles. The highest BCUT2D eigenvalue weighted by Gasteiger charge is 2.30. The summed E-state index contributed by atoms with van der Waals surface area (Å²) in [5, 5.41) is 4.59. The molecule has 1 aliphatic heterocycles. The van der Waals surface area contributed by atoms with Gasteiger partial charge in [0.25, 0.3) is 5.91 Å². The van der Waals surface area contributed by atoms with Gasteiger partial charge < -0.3 is 9.80 Å². The Balaban J connectivity index is 1.39.